The summed E-state index contributed by atoms with van der Waals surface area (Å²) in [7, 11) is 1.52. The van der Waals surface area contributed by atoms with E-state index in [-0.39, 0.29) is 22.8 Å². The lowest BCUT2D eigenvalue weighted by molar-refractivity contribution is -0.168. The Morgan fingerprint density at radius 3 is 2.59 bits per heavy atom. The van der Waals surface area contributed by atoms with E-state index in [0.29, 0.717) is 24.4 Å². The molecule has 4 nitrogen and oxygen atoms in total. The second kappa shape index (κ2) is 8.79. The molecule has 0 heterocycles. The van der Waals surface area contributed by atoms with E-state index in [1.54, 1.807) is 0 Å². The maximum Gasteiger partial charge on any atom is 0.311 e. The number of rotatable bonds is 7. The Balaban J connectivity index is 2.08. The molecule has 154 valence electrons. The Morgan fingerprint density at radius 1 is 1.26 bits per heavy atom. The highest BCUT2D eigenvalue weighted by molar-refractivity contribution is 5.77. The van der Waals surface area contributed by atoms with Crippen LogP contribution < -0.4 is 0 Å². The van der Waals surface area contributed by atoms with Crippen LogP contribution in [0.1, 0.15) is 79.1 Å². The standard InChI is InChI=1S/C23H38O4/c1-16(12-15-27-18(3)24)8-10-19-17(2)9-11-20-22(19,4)13-7-14-23(20,5)21(25)26-6/h16,19-20H,2,7-15H2,1,3-6H3/t16-,19-,20+,22+,23-/m0/s1. The second-order valence-electron chi connectivity index (χ2n) is 9.38. The van der Waals surface area contributed by atoms with Gasteiger partial charge in [0.05, 0.1) is 19.1 Å². The summed E-state index contributed by atoms with van der Waals surface area (Å²) >= 11 is 0. The van der Waals surface area contributed by atoms with Gasteiger partial charge in [-0.1, -0.05) is 32.4 Å². The van der Waals surface area contributed by atoms with Crippen molar-refractivity contribution in [2.75, 3.05) is 13.7 Å². The first-order chi connectivity index (χ1) is 12.6. The molecule has 0 radical (unpaired) electrons. The fraction of sp³-hybridized carbons (Fsp3) is 0.826. The summed E-state index contributed by atoms with van der Waals surface area (Å²) in [5, 5.41) is 0. The first-order valence-corrected chi connectivity index (χ1v) is 10.5. The third-order valence-corrected chi connectivity index (χ3v) is 7.54. The number of ether oxygens (including phenoxy) is 2. The van der Waals surface area contributed by atoms with Gasteiger partial charge >= 0.3 is 11.9 Å². The summed E-state index contributed by atoms with van der Waals surface area (Å²) in [5.74, 6) is 1.08. The predicted octanol–water partition coefficient (Wildman–Crippen LogP) is 5.31. The van der Waals surface area contributed by atoms with E-state index < -0.39 is 0 Å². The van der Waals surface area contributed by atoms with Crippen LogP contribution in [0.3, 0.4) is 0 Å². The zero-order valence-electron chi connectivity index (χ0n) is 17.9. The van der Waals surface area contributed by atoms with Gasteiger partial charge in [-0.05, 0) is 75.0 Å². The van der Waals surface area contributed by atoms with Crippen molar-refractivity contribution in [1.82, 2.24) is 0 Å². The molecule has 2 saturated carbocycles. The molecule has 0 saturated heterocycles. The monoisotopic (exact) mass is 378 g/mol. The molecular formula is C23H38O4. The van der Waals surface area contributed by atoms with Crippen molar-refractivity contribution in [1.29, 1.82) is 0 Å². The number of fused-ring (bicyclic) bond motifs is 1. The maximum absolute atomic E-state index is 12.6. The van der Waals surface area contributed by atoms with Crippen LogP contribution in [0.5, 0.6) is 0 Å². The van der Waals surface area contributed by atoms with E-state index in [2.05, 4.69) is 27.4 Å². The number of hydrogen-bond acceptors (Lipinski definition) is 4. The van der Waals surface area contributed by atoms with Crippen LogP contribution in [-0.4, -0.2) is 25.7 Å². The van der Waals surface area contributed by atoms with Crippen molar-refractivity contribution in [3.05, 3.63) is 12.2 Å². The molecule has 0 aromatic heterocycles. The van der Waals surface area contributed by atoms with Gasteiger partial charge in [-0.25, -0.2) is 0 Å². The van der Waals surface area contributed by atoms with Crippen LogP contribution in [0.2, 0.25) is 0 Å². The number of carbonyl (C=O) groups excluding carboxylic acids is 2. The second-order valence-corrected chi connectivity index (χ2v) is 9.38. The lowest BCUT2D eigenvalue weighted by Gasteiger charge is -2.57. The Bertz CT molecular complexity index is 569. The van der Waals surface area contributed by atoms with Gasteiger partial charge in [-0.2, -0.15) is 0 Å². The third kappa shape index (κ3) is 4.57. The quantitative estimate of drug-likeness (QED) is 0.445. The number of hydrogen-bond donors (Lipinski definition) is 0. The number of allylic oxidation sites excluding steroid dienone is 1. The highest BCUT2D eigenvalue weighted by Crippen LogP contribution is 2.62. The van der Waals surface area contributed by atoms with Crippen LogP contribution >= 0.6 is 0 Å². The molecule has 5 atom stereocenters. The van der Waals surface area contributed by atoms with E-state index in [0.717, 1.165) is 51.4 Å². The molecule has 0 amide bonds. The fourth-order valence-electron chi connectivity index (χ4n) is 5.96. The smallest absolute Gasteiger partial charge is 0.311 e. The summed E-state index contributed by atoms with van der Waals surface area (Å²) < 4.78 is 10.3. The first-order valence-electron chi connectivity index (χ1n) is 10.5. The molecule has 0 aromatic rings. The Hall–Kier alpha value is -1.32. The molecule has 2 fully saturated rings. The van der Waals surface area contributed by atoms with Crippen molar-refractivity contribution >= 4 is 11.9 Å². The van der Waals surface area contributed by atoms with Crippen molar-refractivity contribution < 1.29 is 19.1 Å². The average Bonchev–Trinajstić information content (AvgIpc) is 2.59. The topological polar surface area (TPSA) is 52.6 Å². The molecule has 0 aliphatic heterocycles. The number of carbonyl (C=O) groups is 2. The van der Waals surface area contributed by atoms with Crippen LogP contribution in [0, 0.1) is 28.6 Å². The zero-order chi connectivity index (χ0) is 20.2. The molecule has 2 aliphatic carbocycles. The van der Waals surface area contributed by atoms with Gasteiger partial charge in [0, 0.05) is 6.92 Å². The highest BCUT2D eigenvalue weighted by atomic mass is 16.5. The Labute approximate surface area is 165 Å². The van der Waals surface area contributed by atoms with Gasteiger partial charge in [0.2, 0.25) is 0 Å². The van der Waals surface area contributed by atoms with Crippen molar-refractivity contribution in [2.24, 2.45) is 28.6 Å². The van der Waals surface area contributed by atoms with E-state index in [9.17, 15) is 9.59 Å². The lowest BCUT2D eigenvalue weighted by atomic mass is 9.46. The zero-order valence-corrected chi connectivity index (χ0v) is 17.9. The first kappa shape index (κ1) is 22.0. The molecule has 2 rings (SSSR count). The number of methoxy groups -OCH3 is 1. The van der Waals surface area contributed by atoms with Gasteiger partial charge in [-0.15, -0.1) is 0 Å². The summed E-state index contributed by atoms with van der Waals surface area (Å²) in [6.45, 7) is 13.1. The van der Waals surface area contributed by atoms with Crippen LogP contribution in [0.4, 0.5) is 0 Å². The van der Waals surface area contributed by atoms with Crippen LogP contribution in [0.15, 0.2) is 12.2 Å². The minimum atomic E-state index is -0.373. The van der Waals surface area contributed by atoms with E-state index in [1.165, 1.54) is 19.6 Å². The maximum atomic E-state index is 12.6. The van der Waals surface area contributed by atoms with E-state index in [4.69, 9.17) is 9.47 Å². The Kier molecular flexibility index (Phi) is 7.15. The molecule has 0 bridgehead atoms. The molecule has 4 heteroatoms. The van der Waals surface area contributed by atoms with Gasteiger partial charge in [-0.3, -0.25) is 9.59 Å². The molecule has 27 heavy (non-hydrogen) atoms. The molecular weight excluding hydrogens is 340 g/mol. The summed E-state index contributed by atoms with van der Waals surface area (Å²) in [6.07, 6.45) is 8.32. The SMILES string of the molecule is C=C1CC[C@@H]2[C@](C)(CCC[C@]2(C)C(=O)OC)[C@H]1CC[C@H](C)CCOC(C)=O. The summed E-state index contributed by atoms with van der Waals surface area (Å²) in [5.41, 5.74) is 1.10. The molecule has 0 spiro atoms. The third-order valence-electron chi connectivity index (χ3n) is 7.54. The number of esters is 2. The molecule has 0 N–H and O–H groups in total. The van der Waals surface area contributed by atoms with Gasteiger partial charge in [0.15, 0.2) is 0 Å². The van der Waals surface area contributed by atoms with E-state index in [1.807, 2.05) is 0 Å². The summed E-state index contributed by atoms with van der Waals surface area (Å²) in [6, 6.07) is 0. The molecule has 2 aliphatic rings. The predicted molar refractivity (Wildman–Crippen MR) is 107 cm³/mol. The highest BCUT2D eigenvalue weighted by Gasteiger charge is 2.57. The molecule has 0 aromatic carbocycles. The summed E-state index contributed by atoms with van der Waals surface area (Å²) in [4.78, 5) is 23.6. The Morgan fingerprint density at radius 2 is 1.96 bits per heavy atom. The van der Waals surface area contributed by atoms with Crippen molar-refractivity contribution in [3.63, 3.8) is 0 Å². The van der Waals surface area contributed by atoms with Crippen LogP contribution in [-0.2, 0) is 19.1 Å². The fourth-order valence-corrected chi connectivity index (χ4v) is 5.96. The van der Waals surface area contributed by atoms with Crippen LogP contribution in [0.25, 0.3) is 0 Å². The van der Waals surface area contributed by atoms with Gasteiger partial charge in [0.25, 0.3) is 0 Å². The minimum absolute atomic E-state index is 0.0422. The minimum Gasteiger partial charge on any atom is -0.469 e. The van der Waals surface area contributed by atoms with Gasteiger partial charge in [0.1, 0.15) is 0 Å². The van der Waals surface area contributed by atoms with E-state index >= 15 is 0 Å². The van der Waals surface area contributed by atoms with Crippen molar-refractivity contribution in [3.8, 4) is 0 Å². The van der Waals surface area contributed by atoms with Crippen molar-refractivity contribution in [2.45, 2.75) is 79.1 Å². The largest absolute Gasteiger partial charge is 0.469 e. The van der Waals surface area contributed by atoms with Gasteiger partial charge < -0.3 is 9.47 Å². The lowest BCUT2D eigenvalue weighted by Crippen LogP contribution is -2.53. The normalized spacial score (nSPS) is 34.5. The molecule has 0 unspecified atom stereocenters. The average molecular weight is 379 g/mol.